The van der Waals surface area contributed by atoms with Crippen LogP contribution in [-0.2, 0) is 0 Å². The highest BCUT2D eigenvalue weighted by molar-refractivity contribution is 5.44. The van der Waals surface area contributed by atoms with Gasteiger partial charge in [-0.05, 0) is 62.2 Å². The standard InChI is InChI=1S/C16H27NO/c1-4-8-15-14-11-7-6-10-13(14)12(3)17(18)16(15)9-5-2/h16,18H,4-11H2,1-3H3. The van der Waals surface area contributed by atoms with E-state index in [9.17, 15) is 5.21 Å². The smallest absolute Gasteiger partial charge is 0.0774 e. The van der Waals surface area contributed by atoms with E-state index in [1.165, 1.54) is 36.8 Å². The van der Waals surface area contributed by atoms with Gasteiger partial charge in [0, 0.05) is 5.70 Å². The average molecular weight is 249 g/mol. The summed E-state index contributed by atoms with van der Waals surface area (Å²) in [4.78, 5) is 0. The normalized spacial score (nSPS) is 24.7. The average Bonchev–Trinajstić information content (AvgIpc) is 2.40. The number of nitrogens with zero attached hydrogens (tertiary/aromatic N) is 1. The Kier molecular flexibility index (Phi) is 4.50. The molecule has 102 valence electrons. The van der Waals surface area contributed by atoms with Crippen LogP contribution in [0.1, 0.15) is 72.1 Å². The Labute approximate surface area is 111 Å². The Morgan fingerprint density at radius 3 is 2.39 bits per heavy atom. The van der Waals surface area contributed by atoms with E-state index in [-0.39, 0.29) is 6.04 Å². The SMILES string of the molecule is CCCC1=C2CCCCC2=C(C)N(O)C1CCC. The van der Waals surface area contributed by atoms with Gasteiger partial charge in [0.2, 0.25) is 0 Å². The fourth-order valence-corrected chi connectivity index (χ4v) is 3.54. The summed E-state index contributed by atoms with van der Waals surface area (Å²) in [5, 5.41) is 12.0. The highest BCUT2D eigenvalue weighted by atomic mass is 16.5. The molecular weight excluding hydrogens is 222 g/mol. The monoisotopic (exact) mass is 249 g/mol. The fourth-order valence-electron chi connectivity index (χ4n) is 3.54. The van der Waals surface area contributed by atoms with Crippen LogP contribution in [0.2, 0.25) is 0 Å². The van der Waals surface area contributed by atoms with E-state index in [0.29, 0.717) is 0 Å². The lowest BCUT2D eigenvalue weighted by molar-refractivity contribution is -0.0883. The van der Waals surface area contributed by atoms with E-state index in [1.807, 2.05) is 0 Å². The van der Waals surface area contributed by atoms with E-state index in [0.717, 1.165) is 31.4 Å². The van der Waals surface area contributed by atoms with E-state index in [1.54, 1.807) is 10.6 Å². The molecule has 1 atom stereocenters. The molecular formula is C16H27NO. The van der Waals surface area contributed by atoms with Crippen molar-refractivity contribution in [2.45, 2.75) is 78.2 Å². The third-order valence-electron chi connectivity index (χ3n) is 4.41. The molecule has 0 aromatic carbocycles. The van der Waals surface area contributed by atoms with Crippen LogP contribution in [0.15, 0.2) is 22.4 Å². The van der Waals surface area contributed by atoms with Gasteiger partial charge in [0.1, 0.15) is 0 Å². The van der Waals surface area contributed by atoms with Gasteiger partial charge in [0.15, 0.2) is 0 Å². The second-order valence-corrected chi connectivity index (χ2v) is 5.67. The number of rotatable bonds is 4. The van der Waals surface area contributed by atoms with Crippen molar-refractivity contribution in [3.05, 3.63) is 22.4 Å². The van der Waals surface area contributed by atoms with Gasteiger partial charge in [-0.2, -0.15) is 0 Å². The van der Waals surface area contributed by atoms with Gasteiger partial charge in [0.25, 0.3) is 0 Å². The summed E-state index contributed by atoms with van der Waals surface area (Å²) in [5.74, 6) is 0. The highest BCUT2D eigenvalue weighted by Gasteiger charge is 2.32. The summed E-state index contributed by atoms with van der Waals surface area (Å²) >= 11 is 0. The summed E-state index contributed by atoms with van der Waals surface area (Å²) in [7, 11) is 0. The molecule has 0 aromatic heterocycles. The minimum absolute atomic E-state index is 0.242. The summed E-state index contributed by atoms with van der Waals surface area (Å²) in [6.45, 7) is 6.54. The Morgan fingerprint density at radius 2 is 1.78 bits per heavy atom. The number of fused-ring (bicyclic) bond motifs is 1. The third kappa shape index (κ3) is 2.35. The number of allylic oxidation sites excluding steroid dienone is 3. The van der Waals surface area contributed by atoms with E-state index < -0.39 is 0 Å². The molecule has 1 unspecified atom stereocenters. The lowest BCUT2D eigenvalue weighted by atomic mass is 9.78. The zero-order valence-corrected chi connectivity index (χ0v) is 12.1. The van der Waals surface area contributed by atoms with Crippen LogP contribution in [0.25, 0.3) is 0 Å². The molecule has 2 rings (SSSR count). The molecule has 1 saturated carbocycles. The topological polar surface area (TPSA) is 23.5 Å². The molecule has 1 aliphatic carbocycles. The number of hydroxylamine groups is 2. The lowest BCUT2D eigenvalue weighted by Gasteiger charge is -2.40. The fraction of sp³-hybridized carbons (Fsp3) is 0.750. The molecule has 0 spiro atoms. The molecule has 0 amide bonds. The first kappa shape index (κ1) is 13.7. The van der Waals surface area contributed by atoms with Crippen LogP contribution >= 0.6 is 0 Å². The van der Waals surface area contributed by atoms with Gasteiger partial charge in [-0.3, -0.25) is 10.3 Å². The number of hydrogen-bond donors (Lipinski definition) is 1. The van der Waals surface area contributed by atoms with Crippen molar-refractivity contribution in [2.24, 2.45) is 0 Å². The maximum absolute atomic E-state index is 10.4. The summed E-state index contributed by atoms with van der Waals surface area (Å²) < 4.78 is 0. The lowest BCUT2D eigenvalue weighted by Crippen LogP contribution is -2.38. The Morgan fingerprint density at radius 1 is 1.11 bits per heavy atom. The molecule has 2 aliphatic rings. The minimum atomic E-state index is 0.242. The van der Waals surface area contributed by atoms with E-state index >= 15 is 0 Å². The first-order chi connectivity index (χ1) is 8.70. The van der Waals surface area contributed by atoms with Crippen molar-refractivity contribution in [1.82, 2.24) is 5.06 Å². The predicted octanol–water partition coefficient (Wildman–Crippen LogP) is 4.80. The van der Waals surface area contributed by atoms with Gasteiger partial charge in [-0.15, -0.1) is 0 Å². The van der Waals surface area contributed by atoms with Crippen molar-refractivity contribution in [3.63, 3.8) is 0 Å². The van der Waals surface area contributed by atoms with Crippen LogP contribution in [-0.4, -0.2) is 16.3 Å². The first-order valence-electron chi connectivity index (χ1n) is 7.60. The van der Waals surface area contributed by atoms with Crippen molar-refractivity contribution >= 4 is 0 Å². The third-order valence-corrected chi connectivity index (χ3v) is 4.41. The highest BCUT2D eigenvalue weighted by Crippen LogP contribution is 2.42. The minimum Gasteiger partial charge on any atom is -0.288 e. The van der Waals surface area contributed by atoms with Gasteiger partial charge in [-0.1, -0.05) is 26.7 Å². The van der Waals surface area contributed by atoms with Crippen LogP contribution in [0.3, 0.4) is 0 Å². The quantitative estimate of drug-likeness (QED) is 0.773. The predicted molar refractivity (Wildman–Crippen MR) is 75.4 cm³/mol. The molecule has 0 saturated heterocycles. The second-order valence-electron chi connectivity index (χ2n) is 5.67. The first-order valence-corrected chi connectivity index (χ1v) is 7.60. The van der Waals surface area contributed by atoms with E-state index in [2.05, 4.69) is 20.8 Å². The molecule has 2 nitrogen and oxygen atoms in total. The zero-order chi connectivity index (χ0) is 13.1. The molecule has 0 radical (unpaired) electrons. The van der Waals surface area contributed by atoms with Gasteiger partial charge >= 0.3 is 0 Å². The van der Waals surface area contributed by atoms with Crippen molar-refractivity contribution in [3.8, 4) is 0 Å². The molecule has 1 aliphatic heterocycles. The Balaban J connectivity index is 2.40. The van der Waals surface area contributed by atoms with Crippen molar-refractivity contribution in [1.29, 1.82) is 0 Å². The molecule has 1 fully saturated rings. The molecule has 0 aromatic rings. The van der Waals surface area contributed by atoms with Crippen molar-refractivity contribution in [2.75, 3.05) is 0 Å². The van der Waals surface area contributed by atoms with Crippen molar-refractivity contribution < 1.29 is 5.21 Å². The largest absolute Gasteiger partial charge is 0.288 e. The molecule has 1 heterocycles. The summed E-state index contributed by atoms with van der Waals surface area (Å²) in [5.41, 5.74) is 5.69. The Hall–Kier alpha value is -0.760. The van der Waals surface area contributed by atoms with Crippen LogP contribution < -0.4 is 0 Å². The maximum Gasteiger partial charge on any atom is 0.0774 e. The van der Waals surface area contributed by atoms with Crippen LogP contribution in [0, 0.1) is 0 Å². The molecule has 0 bridgehead atoms. The second kappa shape index (κ2) is 5.92. The van der Waals surface area contributed by atoms with Gasteiger partial charge < -0.3 is 0 Å². The van der Waals surface area contributed by atoms with E-state index in [4.69, 9.17) is 0 Å². The van der Waals surface area contributed by atoms with Crippen LogP contribution in [0.4, 0.5) is 0 Å². The summed E-state index contributed by atoms with van der Waals surface area (Å²) in [6, 6.07) is 0.242. The van der Waals surface area contributed by atoms with Gasteiger partial charge in [-0.25, -0.2) is 0 Å². The van der Waals surface area contributed by atoms with Gasteiger partial charge in [0.05, 0.1) is 6.04 Å². The zero-order valence-electron chi connectivity index (χ0n) is 12.1. The summed E-state index contributed by atoms with van der Waals surface area (Å²) in [6.07, 6.45) is 9.52. The molecule has 2 heteroatoms. The maximum atomic E-state index is 10.4. The molecule has 1 N–H and O–H groups in total. The Bertz CT molecular complexity index is 367. The van der Waals surface area contributed by atoms with Crippen LogP contribution in [0.5, 0.6) is 0 Å². The number of hydrogen-bond acceptors (Lipinski definition) is 2. The molecule has 18 heavy (non-hydrogen) atoms.